The predicted molar refractivity (Wildman–Crippen MR) is 52.2 cm³/mol. The lowest BCUT2D eigenvalue weighted by Crippen LogP contribution is -2.03. The van der Waals surface area contributed by atoms with Gasteiger partial charge in [-0.15, -0.1) is 0 Å². The molecule has 1 heterocycles. The molecule has 0 atom stereocenters. The minimum absolute atomic E-state index is 0.0677. The van der Waals surface area contributed by atoms with Crippen LogP contribution in [0.3, 0.4) is 0 Å². The lowest BCUT2D eigenvalue weighted by molar-refractivity contribution is -0.386. The molecule has 1 aliphatic heterocycles. The standard InChI is InChI=1S/C9H10N2O4/c10-6-1-2-7(8(5-6)11(12)13)9-14-3-4-15-9/h1-2,5,9H,3-4,10H2. The number of nitro groups is 1. The van der Waals surface area contributed by atoms with Crippen molar-refractivity contribution in [2.45, 2.75) is 6.29 Å². The van der Waals surface area contributed by atoms with Crippen LogP contribution in [0.15, 0.2) is 18.2 Å². The molecule has 0 unspecified atom stereocenters. The summed E-state index contributed by atoms with van der Waals surface area (Å²) in [6, 6.07) is 4.46. The van der Waals surface area contributed by atoms with Crippen LogP contribution in [0.2, 0.25) is 0 Å². The topological polar surface area (TPSA) is 87.6 Å². The predicted octanol–water partition coefficient (Wildman–Crippen LogP) is 1.22. The van der Waals surface area contributed by atoms with Gasteiger partial charge in [-0.25, -0.2) is 0 Å². The van der Waals surface area contributed by atoms with Crippen LogP contribution in [0, 0.1) is 10.1 Å². The Kier molecular flexibility index (Phi) is 2.53. The van der Waals surface area contributed by atoms with E-state index in [9.17, 15) is 10.1 Å². The maximum atomic E-state index is 10.8. The van der Waals surface area contributed by atoms with Gasteiger partial charge in [0.2, 0.25) is 0 Å². The second kappa shape index (κ2) is 3.84. The van der Waals surface area contributed by atoms with Gasteiger partial charge in [-0.05, 0) is 12.1 Å². The first kappa shape index (κ1) is 9.88. The SMILES string of the molecule is Nc1ccc(C2OCCO2)c([N+](=O)[O-])c1. The molecule has 0 aromatic heterocycles. The first-order valence-corrected chi connectivity index (χ1v) is 4.45. The summed E-state index contributed by atoms with van der Waals surface area (Å²) in [7, 11) is 0. The lowest BCUT2D eigenvalue weighted by Gasteiger charge is -2.09. The minimum atomic E-state index is -0.647. The Morgan fingerprint density at radius 2 is 2.07 bits per heavy atom. The maximum Gasteiger partial charge on any atom is 0.279 e. The summed E-state index contributed by atoms with van der Waals surface area (Å²) in [5, 5.41) is 10.8. The van der Waals surface area contributed by atoms with Gasteiger partial charge in [0.15, 0.2) is 6.29 Å². The van der Waals surface area contributed by atoms with Crippen LogP contribution >= 0.6 is 0 Å². The van der Waals surface area contributed by atoms with E-state index in [1.807, 2.05) is 0 Å². The van der Waals surface area contributed by atoms with Crippen LogP contribution in [0.1, 0.15) is 11.9 Å². The first-order valence-electron chi connectivity index (χ1n) is 4.45. The summed E-state index contributed by atoms with van der Waals surface area (Å²) in [4.78, 5) is 10.3. The molecule has 1 aliphatic rings. The first-order chi connectivity index (χ1) is 7.18. The number of benzene rings is 1. The van der Waals surface area contributed by atoms with Crippen LogP contribution in [-0.2, 0) is 9.47 Å². The van der Waals surface area contributed by atoms with E-state index in [2.05, 4.69) is 0 Å². The van der Waals surface area contributed by atoms with Gasteiger partial charge in [0, 0.05) is 11.8 Å². The molecule has 6 heteroatoms. The van der Waals surface area contributed by atoms with Crippen LogP contribution in [0.25, 0.3) is 0 Å². The molecule has 0 saturated carbocycles. The van der Waals surface area contributed by atoms with Gasteiger partial charge in [-0.1, -0.05) is 0 Å². The highest BCUT2D eigenvalue weighted by Crippen LogP contribution is 2.32. The van der Waals surface area contributed by atoms with Crippen LogP contribution < -0.4 is 5.73 Å². The highest BCUT2D eigenvalue weighted by atomic mass is 16.7. The molecule has 15 heavy (non-hydrogen) atoms. The van der Waals surface area contributed by atoms with E-state index < -0.39 is 11.2 Å². The highest BCUT2D eigenvalue weighted by molar-refractivity contribution is 5.53. The zero-order valence-corrected chi connectivity index (χ0v) is 7.88. The van der Waals surface area contributed by atoms with Crippen molar-refractivity contribution in [2.24, 2.45) is 0 Å². The number of anilines is 1. The Balaban J connectivity index is 2.40. The molecule has 1 saturated heterocycles. The zero-order valence-electron chi connectivity index (χ0n) is 7.88. The van der Waals surface area contributed by atoms with Crippen molar-refractivity contribution in [3.05, 3.63) is 33.9 Å². The fourth-order valence-electron chi connectivity index (χ4n) is 1.46. The fourth-order valence-corrected chi connectivity index (χ4v) is 1.46. The number of nitrogens with zero attached hydrogens (tertiary/aromatic N) is 1. The average Bonchev–Trinajstić information content (AvgIpc) is 2.70. The summed E-state index contributed by atoms with van der Waals surface area (Å²) in [6.45, 7) is 0.901. The number of ether oxygens (including phenoxy) is 2. The third-order valence-corrected chi connectivity index (χ3v) is 2.13. The summed E-state index contributed by atoms with van der Waals surface area (Å²) in [6.07, 6.45) is -0.647. The van der Waals surface area contributed by atoms with Crippen molar-refractivity contribution >= 4 is 11.4 Å². The molecule has 80 valence electrons. The van der Waals surface area contributed by atoms with Crippen LogP contribution in [-0.4, -0.2) is 18.1 Å². The molecule has 0 amide bonds. The number of rotatable bonds is 2. The quantitative estimate of drug-likeness (QED) is 0.450. The Labute approximate surface area is 85.7 Å². The summed E-state index contributed by atoms with van der Waals surface area (Å²) in [5.41, 5.74) is 6.17. The third kappa shape index (κ3) is 1.90. The molecule has 0 radical (unpaired) electrons. The molecule has 6 nitrogen and oxygen atoms in total. The van der Waals surface area contributed by atoms with Crippen LogP contribution in [0.4, 0.5) is 11.4 Å². The fraction of sp³-hybridized carbons (Fsp3) is 0.333. The monoisotopic (exact) mass is 210 g/mol. The Morgan fingerprint density at radius 3 is 2.67 bits per heavy atom. The van der Waals surface area contributed by atoms with Gasteiger partial charge in [0.05, 0.1) is 23.7 Å². The molecular formula is C9H10N2O4. The third-order valence-electron chi connectivity index (χ3n) is 2.13. The van der Waals surface area contributed by atoms with Crippen molar-refractivity contribution in [3.8, 4) is 0 Å². The van der Waals surface area contributed by atoms with Crippen molar-refractivity contribution < 1.29 is 14.4 Å². The maximum absolute atomic E-state index is 10.8. The smallest absolute Gasteiger partial charge is 0.279 e. The summed E-state index contributed by atoms with van der Waals surface area (Å²) < 4.78 is 10.4. The van der Waals surface area contributed by atoms with Crippen molar-refractivity contribution in [2.75, 3.05) is 18.9 Å². The van der Waals surface area contributed by atoms with E-state index in [0.717, 1.165) is 0 Å². The van der Waals surface area contributed by atoms with Gasteiger partial charge in [-0.2, -0.15) is 0 Å². The van der Waals surface area contributed by atoms with Crippen LogP contribution in [0.5, 0.6) is 0 Å². The van der Waals surface area contributed by atoms with E-state index in [-0.39, 0.29) is 5.69 Å². The summed E-state index contributed by atoms with van der Waals surface area (Å²) >= 11 is 0. The molecule has 1 fully saturated rings. The number of nitrogen functional groups attached to an aromatic ring is 1. The summed E-state index contributed by atoms with van der Waals surface area (Å²) in [5.74, 6) is 0. The van der Waals surface area contributed by atoms with E-state index in [1.54, 1.807) is 12.1 Å². The van der Waals surface area contributed by atoms with E-state index in [0.29, 0.717) is 24.5 Å². The average molecular weight is 210 g/mol. The Hall–Kier alpha value is -1.66. The van der Waals surface area contributed by atoms with Crippen molar-refractivity contribution in [1.29, 1.82) is 0 Å². The molecular weight excluding hydrogens is 200 g/mol. The minimum Gasteiger partial charge on any atom is -0.399 e. The molecule has 0 aliphatic carbocycles. The van der Waals surface area contributed by atoms with E-state index in [1.165, 1.54) is 6.07 Å². The molecule has 1 aromatic carbocycles. The molecule has 2 N–H and O–H groups in total. The second-order valence-electron chi connectivity index (χ2n) is 3.15. The normalized spacial score (nSPS) is 16.8. The lowest BCUT2D eigenvalue weighted by atomic mass is 10.1. The number of hydrogen-bond acceptors (Lipinski definition) is 5. The number of nitrogens with two attached hydrogens (primary N) is 1. The number of nitro benzene ring substituents is 1. The zero-order chi connectivity index (χ0) is 10.8. The number of hydrogen-bond donors (Lipinski definition) is 1. The molecule has 0 spiro atoms. The van der Waals surface area contributed by atoms with Gasteiger partial charge < -0.3 is 15.2 Å². The highest BCUT2D eigenvalue weighted by Gasteiger charge is 2.26. The largest absolute Gasteiger partial charge is 0.399 e. The Bertz CT molecular complexity index is 388. The van der Waals surface area contributed by atoms with Gasteiger partial charge >= 0.3 is 0 Å². The molecule has 1 aromatic rings. The molecule has 2 rings (SSSR count). The van der Waals surface area contributed by atoms with E-state index >= 15 is 0 Å². The molecule has 0 bridgehead atoms. The van der Waals surface area contributed by atoms with E-state index in [4.69, 9.17) is 15.2 Å². The van der Waals surface area contributed by atoms with Gasteiger partial charge in [-0.3, -0.25) is 10.1 Å². The second-order valence-corrected chi connectivity index (χ2v) is 3.15. The Morgan fingerprint density at radius 1 is 1.40 bits per heavy atom. The van der Waals surface area contributed by atoms with Crippen molar-refractivity contribution in [3.63, 3.8) is 0 Å². The van der Waals surface area contributed by atoms with Gasteiger partial charge in [0.1, 0.15) is 0 Å². The van der Waals surface area contributed by atoms with Crippen molar-refractivity contribution in [1.82, 2.24) is 0 Å². The van der Waals surface area contributed by atoms with Gasteiger partial charge in [0.25, 0.3) is 5.69 Å².